The molecule has 0 atom stereocenters. The number of amides is 1. The van der Waals surface area contributed by atoms with Gasteiger partial charge in [-0.15, -0.1) is 0 Å². The molecule has 10 heteroatoms. The average Bonchev–Trinajstić information content (AvgIpc) is 2.60. The summed E-state index contributed by atoms with van der Waals surface area (Å²) in [6.07, 6.45) is 0.740. The molecule has 7 nitrogen and oxygen atoms in total. The molecular weight excluding hydrogens is 395 g/mol. The highest BCUT2D eigenvalue weighted by molar-refractivity contribution is 7.90. The van der Waals surface area contributed by atoms with Crippen molar-refractivity contribution < 1.29 is 17.6 Å². The zero-order chi connectivity index (χ0) is 20.4. The van der Waals surface area contributed by atoms with E-state index < -0.39 is 26.9 Å². The largest absolute Gasteiger partial charge is 0.354 e. The fraction of sp³-hybridized carbons (Fsp3) is 0.353. The third kappa shape index (κ3) is 4.72. The Kier molecular flexibility index (Phi) is 6.06. The molecule has 0 aliphatic carbocycles. The van der Waals surface area contributed by atoms with Gasteiger partial charge in [0.05, 0.1) is 5.56 Å². The number of nitrogens with one attached hydrogen (secondary N) is 1. The van der Waals surface area contributed by atoms with Crippen LogP contribution in [-0.4, -0.2) is 36.9 Å². The molecule has 2 rings (SSSR count). The van der Waals surface area contributed by atoms with E-state index in [0.717, 1.165) is 18.6 Å². The molecular formula is C17H20ClFN4O3S. The predicted octanol–water partition coefficient (Wildman–Crippen LogP) is 3.01. The van der Waals surface area contributed by atoms with Crippen molar-refractivity contribution in [1.82, 2.24) is 14.7 Å². The van der Waals surface area contributed by atoms with Gasteiger partial charge in [-0.2, -0.15) is 12.8 Å². The summed E-state index contributed by atoms with van der Waals surface area (Å²) in [6, 6.07) is 6.06. The molecule has 2 heterocycles. The van der Waals surface area contributed by atoms with E-state index in [1.807, 2.05) is 25.5 Å². The van der Waals surface area contributed by atoms with Crippen molar-refractivity contribution in [3.63, 3.8) is 0 Å². The van der Waals surface area contributed by atoms with Crippen LogP contribution >= 0.6 is 11.6 Å². The second-order valence-corrected chi connectivity index (χ2v) is 8.48. The Morgan fingerprint density at radius 2 is 1.93 bits per heavy atom. The molecule has 0 radical (unpaired) electrons. The Bertz CT molecular complexity index is 966. The molecule has 0 saturated heterocycles. The van der Waals surface area contributed by atoms with Gasteiger partial charge in [0.25, 0.3) is 15.9 Å². The fourth-order valence-corrected chi connectivity index (χ4v) is 3.22. The molecule has 0 aliphatic heterocycles. The van der Waals surface area contributed by atoms with Crippen molar-refractivity contribution in [2.75, 3.05) is 11.9 Å². The van der Waals surface area contributed by atoms with Gasteiger partial charge < -0.3 is 4.90 Å². The van der Waals surface area contributed by atoms with Gasteiger partial charge in [-0.25, -0.2) is 14.7 Å². The summed E-state index contributed by atoms with van der Waals surface area (Å²) in [7, 11) is -2.62. The van der Waals surface area contributed by atoms with E-state index in [9.17, 15) is 17.6 Å². The first kappa shape index (κ1) is 21.0. The number of sulfonamides is 1. The summed E-state index contributed by atoms with van der Waals surface area (Å²) in [6.45, 7) is 5.87. The molecule has 0 saturated carbocycles. The second kappa shape index (κ2) is 7.77. The van der Waals surface area contributed by atoms with Crippen LogP contribution in [0.3, 0.4) is 0 Å². The normalized spacial score (nSPS) is 11.9. The first-order valence-electron chi connectivity index (χ1n) is 8.08. The van der Waals surface area contributed by atoms with Gasteiger partial charge in [0.2, 0.25) is 5.95 Å². The standard InChI is InChI=1S/C17H20ClFN4O3S/c1-5-17(2,3)23(4)15-11(9-10-12(18)20-15)16(24)22-27(25,26)14-8-6-7-13(19)21-14/h6-10H,5H2,1-4H3,(H,22,24). The molecule has 1 amide bonds. The summed E-state index contributed by atoms with van der Waals surface area (Å²) in [5, 5.41) is -0.434. The lowest BCUT2D eigenvalue weighted by Gasteiger charge is -2.36. The van der Waals surface area contributed by atoms with Crippen LogP contribution in [0.5, 0.6) is 0 Å². The summed E-state index contributed by atoms with van der Waals surface area (Å²) in [4.78, 5) is 21.9. The number of halogens is 2. The SMILES string of the molecule is CCC(C)(C)N(C)c1nc(Cl)ccc1C(=O)NS(=O)(=O)c1cccc(F)n1. The number of pyridine rings is 2. The van der Waals surface area contributed by atoms with Gasteiger partial charge in [-0.3, -0.25) is 4.79 Å². The summed E-state index contributed by atoms with van der Waals surface area (Å²) in [5.74, 6) is -1.66. The van der Waals surface area contributed by atoms with Crippen LogP contribution in [0, 0.1) is 5.95 Å². The predicted molar refractivity (Wildman–Crippen MR) is 101 cm³/mol. The minimum atomic E-state index is -4.35. The van der Waals surface area contributed by atoms with Crippen molar-refractivity contribution in [2.24, 2.45) is 0 Å². The van der Waals surface area contributed by atoms with E-state index in [0.29, 0.717) is 0 Å². The Labute approximate surface area is 162 Å². The lowest BCUT2D eigenvalue weighted by Crippen LogP contribution is -2.42. The quantitative estimate of drug-likeness (QED) is 0.730. The molecule has 0 fully saturated rings. The highest BCUT2D eigenvalue weighted by Crippen LogP contribution is 2.28. The fourth-order valence-electron chi connectivity index (χ4n) is 2.15. The Morgan fingerprint density at radius 3 is 2.52 bits per heavy atom. The molecule has 0 bridgehead atoms. The van der Waals surface area contributed by atoms with Crippen LogP contribution in [0.25, 0.3) is 0 Å². The molecule has 27 heavy (non-hydrogen) atoms. The molecule has 0 spiro atoms. The molecule has 1 N–H and O–H groups in total. The highest BCUT2D eigenvalue weighted by atomic mass is 35.5. The van der Waals surface area contributed by atoms with Crippen LogP contribution in [0.4, 0.5) is 10.2 Å². The zero-order valence-corrected chi connectivity index (χ0v) is 16.9. The molecule has 146 valence electrons. The van der Waals surface area contributed by atoms with E-state index in [2.05, 4.69) is 9.97 Å². The monoisotopic (exact) mass is 414 g/mol. The van der Waals surface area contributed by atoms with Crippen LogP contribution in [-0.2, 0) is 10.0 Å². The van der Waals surface area contributed by atoms with E-state index in [1.54, 1.807) is 11.9 Å². The number of carbonyl (C=O) groups is 1. The van der Waals surface area contributed by atoms with Crippen LogP contribution < -0.4 is 9.62 Å². The van der Waals surface area contributed by atoms with Crippen molar-refractivity contribution >= 4 is 33.3 Å². The lowest BCUT2D eigenvalue weighted by atomic mass is 9.99. The topological polar surface area (TPSA) is 92.3 Å². The molecule has 2 aromatic heterocycles. The molecule has 0 unspecified atom stereocenters. The van der Waals surface area contributed by atoms with E-state index in [1.165, 1.54) is 18.2 Å². The number of hydrogen-bond acceptors (Lipinski definition) is 6. The third-order valence-electron chi connectivity index (χ3n) is 4.37. The smallest absolute Gasteiger partial charge is 0.281 e. The van der Waals surface area contributed by atoms with Gasteiger partial charge in [-0.05, 0) is 44.5 Å². The second-order valence-electron chi connectivity index (χ2n) is 6.46. The number of nitrogens with zero attached hydrogens (tertiary/aromatic N) is 3. The zero-order valence-electron chi connectivity index (χ0n) is 15.3. The van der Waals surface area contributed by atoms with Gasteiger partial charge in [-0.1, -0.05) is 24.6 Å². The maximum absolute atomic E-state index is 13.2. The maximum atomic E-state index is 13.2. The molecule has 0 aliphatic rings. The van der Waals surface area contributed by atoms with Gasteiger partial charge in [0.1, 0.15) is 11.0 Å². The van der Waals surface area contributed by atoms with E-state index in [-0.39, 0.29) is 22.1 Å². The van der Waals surface area contributed by atoms with Crippen molar-refractivity contribution in [3.8, 4) is 0 Å². The number of rotatable bonds is 6. The summed E-state index contributed by atoms with van der Waals surface area (Å²) < 4.78 is 39.8. The Morgan fingerprint density at radius 1 is 1.26 bits per heavy atom. The molecule has 0 aromatic carbocycles. The number of hydrogen-bond donors (Lipinski definition) is 1. The summed E-state index contributed by atoms with van der Waals surface area (Å²) in [5.41, 5.74) is -0.348. The van der Waals surface area contributed by atoms with E-state index in [4.69, 9.17) is 11.6 Å². The minimum Gasteiger partial charge on any atom is -0.354 e. The maximum Gasteiger partial charge on any atom is 0.281 e. The lowest BCUT2D eigenvalue weighted by molar-refractivity contribution is 0.0981. The van der Waals surface area contributed by atoms with Gasteiger partial charge in [0, 0.05) is 12.6 Å². The van der Waals surface area contributed by atoms with Crippen LogP contribution in [0.1, 0.15) is 37.6 Å². The summed E-state index contributed by atoms with van der Waals surface area (Å²) >= 11 is 5.97. The number of anilines is 1. The third-order valence-corrected chi connectivity index (χ3v) is 5.81. The average molecular weight is 415 g/mol. The number of aromatic nitrogens is 2. The van der Waals surface area contributed by atoms with Crippen molar-refractivity contribution in [1.29, 1.82) is 0 Å². The molecule has 2 aromatic rings. The van der Waals surface area contributed by atoms with Crippen molar-refractivity contribution in [2.45, 2.75) is 37.8 Å². The first-order valence-corrected chi connectivity index (χ1v) is 9.94. The first-order chi connectivity index (χ1) is 12.5. The number of carbonyl (C=O) groups excluding carboxylic acids is 1. The van der Waals surface area contributed by atoms with Crippen LogP contribution in [0.15, 0.2) is 35.4 Å². The van der Waals surface area contributed by atoms with E-state index >= 15 is 0 Å². The highest BCUT2D eigenvalue weighted by Gasteiger charge is 2.29. The Hall–Kier alpha value is -2.26. The van der Waals surface area contributed by atoms with Gasteiger partial charge in [0.15, 0.2) is 5.03 Å². The minimum absolute atomic E-state index is 0.0170. The van der Waals surface area contributed by atoms with Crippen LogP contribution in [0.2, 0.25) is 5.15 Å². The Balaban J connectivity index is 2.42. The van der Waals surface area contributed by atoms with Crippen molar-refractivity contribution in [3.05, 3.63) is 47.0 Å². The van der Waals surface area contributed by atoms with Gasteiger partial charge >= 0.3 is 0 Å².